The maximum Gasteiger partial charge on any atom is 0.213 e. The molecular weight excluding hydrogens is 204 g/mol. The topological polar surface area (TPSA) is 90.0 Å². The van der Waals surface area contributed by atoms with Crippen molar-refractivity contribution < 1.29 is 8.42 Å². The summed E-state index contributed by atoms with van der Waals surface area (Å²) < 4.78 is 26.4. The van der Waals surface area contributed by atoms with Gasteiger partial charge in [0.25, 0.3) is 0 Å². The van der Waals surface area contributed by atoms with Crippen LogP contribution in [0.5, 0.6) is 0 Å². The monoisotopic (exact) mass is 218 g/mol. The molecule has 0 atom stereocenters. The molecule has 0 spiro atoms. The average molecular weight is 218 g/mol. The van der Waals surface area contributed by atoms with Crippen LogP contribution < -0.4 is 10.5 Å². The molecule has 0 saturated carbocycles. The molecule has 0 bridgehead atoms. The Balaban J connectivity index is 2.48. The second-order valence-corrected chi connectivity index (χ2v) is 4.88. The van der Waals surface area contributed by atoms with Gasteiger partial charge in [0, 0.05) is 31.9 Å². The number of sulfonamides is 1. The Bertz CT molecular complexity index is 384. The maximum absolute atomic E-state index is 11.2. The molecule has 0 aliphatic carbocycles. The van der Waals surface area contributed by atoms with E-state index in [0.717, 1.165) is 5.56 Å². The number of aromatic nitrogens is 2. The number of rotatable bonds is 5. The first-order valence-corrected chi connectivity index (χ1v) is 5.83. The van der Waals surface area contributed by atoms with E-state index in [0.29, 0.717) is 0 Å². The summed E-state index contributed by atoms with van der Waals surface area (Å²) in [5, 5.41) is 3.92. The number of nitrogens with two attached hydrogens (primary N) is 1. The highest BCUT2D eigenvalue weighted by molar-refractivity contribution is 7.89. The summed E-state index contributed by atoms with van der Waals surface area (Å²) in [7, 11) is -1.46. The zero-order valence-corrected chi connectivity index (χ0v) is 8.79. The summed E-state index contributed by atoms with van der Waals surface area (Å²) >= 11 is 0. The molecule has 0 fully saturated rings. The lowest BCUT2D eigenvalue weighted by Gasteiger charge is -2.02. The van der Waals surface area contributed by atoms with Gasteiger partial charge in [-0.25, -0.2) is 13.1 Å². The van der Waals surface area contributed by atoms with Gasteiger partial charge in [0.05, 0.1) is 11.9 Å². The molecule has 0 aliphatic heterocycles. The standard InChI is InChI=1S/C7H14N4O2S/c1-11-6-7(4-9-11)5-10-14(12,13)3-2-8/h4,6,10H,2-3,5,8H2,1H3. The zero-order valence-electron chi connectivity index (χ0n) is 7.97. The largest absolute Gasteiger partial charge is 0.329 e. The van der Waals surface area contributed by atoms with Crippen LogP contribution in [-0.4, -0.2) is 30.5 Å². The van der Waals surface area contributed by atoms with Crippen LogP contribution in [0.3, 0.4) is 0 Å². The number of nitrogens with one attached hydrogen (secondary N) is 1. The van der Waals surface area contributed by atoms with E-state index in [1.54, 1.807) is 24.1 Å². The summed E-state index contributed by atoms with van der Waals surface area (Å²) in [4.78, 5) is 0. The minimum Gasteiger partial charge on any atom is -0.329 e. The lowest BCUT2D eigenvalue weighted by molar-refractivity contribution is 0.581. The predicted molar refractivity (Wildman–Crippen MR) is 52.9 cm³/mol. The van der Waals surface area contributed by atoms with Crippen molar-refractivity contribution >= 4 is 10.0 Å². The van der Waals surface area contributed by atoms with Crippen molar-refractivity contribution in [1.82, 2.24) is 14.5 Å². The molecule has 1 aromatic heterocycles. The molecule has 6 nitrogen and oxygen atoms in total. The van der Waals surface area contributed by atoms with Crippen LogP contribution in [0.15, 0.2) is 12.4 Å². The minimum atomic E-state index is -3.23. The van der Waals surface area contributed by atoms with Gasteiger partial charge in [0.1, 0.15) is 0 Å². The Kier molecular flexibility index (Phi) is 3.62. The summed E-state index contributed by atoms with van der Waals surface area (Å²) in [6.45, 7) is 0.387. The van der Waals surface area contributed by atoms with Gasteiger partial charge in [-0.05, 0) is 0 Å². The van der Waals surface area contributed by atoms with Gasteiger partial charge in [0.15, 0.2) is 0 Å². The van der Waals surface area contributed by atoms with Gasteiger partial charge >= 0.3 is 0 Å². The van der Waals surface area contributed by atoms with Gasteiger partial charge in [-0.2, -0.15) is 5.10 Å². The van der Waals surface area contributed by atoms with E-state index >= 15 is 0 Å². The molecule has 0 amide bonds. The SMILES string of the molecule is Cn1cc(CNS(=O)(=O)CCN)cn1. The van der Waals surface area contributed by atoms with Crippen molar-refractivity contribution in [2.45, 2.75) is 6.54 Å². The van der Waals surface area contributed by atoms with E-state index in [2.05, 4.69) is 9.82 Å². The molecule has 0 unspecified atom stereocenters. The van der Waals surface area contributed by atoms with Crippen molar-refractivity contribution in [1.29, 1.82) is 0 Å². The summed E-state index contributed by atoms with van der Waals surface area (Å²) in [5.41, 5.74) is 5.98. The van der Waals surface area contributed by atoms with Crippen molar-refractivity contribution in [3.63, 3.8) is 0 Å². The van der Waals surface area contributed by atoms with E-state index in [4.69, 9.17) is 5.73 Å². The minimum absolute atomic E-state index is 0.0484. The van der Waals surface area contributed by atoms with Crippen LogP contribution >= 0.6 is 0 Å². The molecule has 14 heavy (non-hydrogen) atoms. The number of aryl methyl sites for hydroxylation is 1. The van der Waals surface area contributed by atoms with Gasteiger partial charge in [-0.1, -0.05) is 0 Å². The average Bonchev–Trinajstić information content (AvgIpc) is 2.48. The molecule has 80 valence electrons. The van der Waals surface area contributed by atoms with Gasteiger partial charge in [0.2, 0.25) is 10.0 Å². The van der Waals surface area contributed by atoms with Crippen molar-refractivity contribution in [3.05, 3.63) is 18.0 Å². The Morgan fingerprint density at radius 2 is 2.36 bits per heavy atom. The third-order valence-electron chi connectivity index (χ3n) is 1.64. The Morgan fingerprint density at radius 3 is 2.86 bits per heavy atom. The fourth-order valence-corrected chi connectivity index (χ4v) is 1.82. The molecule has 7 heteroatoms. The first kappa shape index (κ1) is 11.2. The quantitative estimate of drug-likeness (QED) is 0.649. The molecule has 0 radical (unpaired) electrons. The highest BCUT2D eigenvalue weighted by Crippen LogP contribution is 1.96. The molecular formula is C7H14N4O2S. The third-order valence-corrected chi connectivity index (χ3v) is 3.00. The maximum atomic E-state index is 11.2. The molecule has 0 aliphatic rings. The fraction of sp³-hybridized carbons (Fsp3) is 0.571. The summed E-state index contributed by atoms with van der Waals surface area (Å²) in [5.74, 6) is -0.0484. The second kappa shape index (κ2) is 4.54. The highest BCUT2D eigenvalue weighted by Gasteiger charge is 2.08. The number of hydrogen-bond acceptors (Lipinski definition) is 4. The normalized spacial score (nSPS) is 11.9. The van der Waals surface area contributed by atoms with E-state index in [9.17, 15) is 8.42 Å². The third kappa shape index (κ3) is 3.44. The summed E-state index contributed by atoms with van der Waals surface area (Å²) in [6.07, 6.45) is 3.37. The van der Waals surface area contributed by atoms with E-state index in [1.165, 1.54) is 0 Å². The Labute approximate surface area is 83.1 Å². The van der Waals surface area contributed by atoms with Crippen LogP contribution in [0.1, 0.15) is 5.56 Å². The molecule has 1 rings (SSSR count). The van der Waals surface area contributed by atoms with Crippen LogP contribution in [0, 0.1) is 0 Å². The second-order valence-electron chi connectivity index (χ2n) is 2.95. The number of nitrogens with zero attached hydrogens (tertiary/aromatic N) is 2. The van der Waals surface area contributed by atoms with E-state index in [1.807, 2.05) is 0 Å². The first-order chi connectivity index (χ1) is 6.53. The summed E-state index contributed by atoms with van der Waals surface area (Å²) in [6, 6.07) is 0. The molecule has 0 aromatic carbocycles. The number of hydrogen-bond donors (Lipinski definition) is 2. The molecule has 1 heterocycles. The molecule has 0 saturated heterocycles. The van der Waals surface area contributed by atoms with Crippen molar-refractivity contribution in [2.75, 3.05) is 12.3 Å². The van der Waals surface area contributed by atoms with E-state index in [-0.39, 0.29) is 18.8 Å². The van der Waals surface area contributed by atoms with Crippen LogP contribution in [0.4, 0.5) is 0 Å². The predicted octanol–water partition coefficient (Wildman–Crippen LogP) is -1.20. The lowest BCUT2D eigenvalue weighted by atomic mass is 10.4. The van der Waals surface area contributed by atoms with Gasteiger partial charge in [-0.15, -0.1) is 0 Å². The lowest BCUT2D eigenvalue weighted by Crippen LogP contribution is -2.29. The molecule has 3 N–H and O–H groups in total. The zero-order chi connectivity index (χ0) is 10.6. The van der Waals surface area contributed by atoms with Gasteiger partial charge in [-0.3, -0.25) is 4.68 Å². The Morgan fingerprint density at radius 1 is 1.64 bits per heavy atom. The smallest absolute Gasteiger partial charge is 0.213 e. The van der Waals surface area contributed by atoms with Crippen molar-refractivity contribution in [2.24, 2.45) is 12.8 Å². The first-order valence-electron chi connectivity index (χ1n) is 4.18. The highest BCUT2D eigenvalue weighted by atomic mass is 32.2. The van der Waals surface area contributed by atoms with Crippen LogP contribution in [-0.2, 0) is 23.6 Å². The molecule has 1 aromatic rings. The van der Waals surface area contributed by atoms with Crippen molar-refractivity contribution in [3.8, 4) is 0 Å². The Hall–Kier alpha value is -0.920. The fourth-order valence-electron chi connectivity index (χ4n) is 0.984. The van der Waals surface area contributed by atoms with E-state index < -0.39 is 10.0 Å². The van der Waals surface area contributed by atoms with Crippen LogP contribution in [0.25, 0.3) is 0 Å². The van der Waals surface area contributed by atoms with Crippen LogP contribution in [0.2, 0.25) is 0 Å². The van der Waals surface area contributed by atoms with Gasteiger partial charge < -0.3 is 5.73 Å².